The Morgan fingerprint density at radius 2 is 1.52 bits per heavy atom. The molecule has 0 radical (unpaired) electrons. The third kappa shape index (κ3) is 3.17. The minimum absolute atomic E-state index is 0.248. The Kier molecular flexibility index (Phi) is 4.54. The second kappa shape index (κ2) is 7.27. The highest BCUT2D eigenvalue weighted by Crippen LogP contribution is 2.33. The highest BCUT2D eigenvalue weighted by Gasteiger charge is 2.16. The summed E-state index contributed by atoms with van der Waals surface area (Å²) in [5.74, 6) is 0. The van der Waals surface area contributed by atoms with Crippen molar-refractivity contribution in [3.63, 3.8) is 0 Å². The molecular formula is C26H24N2O3. The average molecular weight is 412 g/mol. The number of allylic oxidation sites excluding steroid dienone is 2. The number of furan rings is 2. The summed E-state index contributed by atoms with van der Waals surface area (Å²) < 4.78 is 11.6. The molecule has 156 valence electrons. The van der Waals surface area contributed by atoms with Crippen LogP contribution in [-0.2, 0) is 6.42 Å². The lowest BCUT2D eigenvalue weighted by Crippen LogP contribution is -1.94. The molecule has 0 spiro atoms. The van der Waals surface area contributed by atoms with E-state index < -0.39 is 0 Å². The van der Waals surface area contributed by atoms with Crippen LogP contribution in [0, 0.1) is 6.92 Å². The predicted octanol–water partition coefficient (Wildman–Crippen LogP) is 6.63. The standard InChI is InChI=1S/C26H24N2O3/c1-5-18-14(3)20-11-16-7-9-24(30-16)26(29)25-10-8-17(31-25)12-21-15(4)19(6-2)23(28-21)13-22(18)27-20/h7-13,27H,5-6H2,1-4H3. The van der Waals surface area contributed by atoms with Crippen molar-refractivity contribution < 1.29 is 8.83 Å². The van der Waals surface area contributed by atoms with E-state index in [1.54, 1.807) is 24.3 Å². The van der Waals surface area contributed by atoms with Crippen molar-refractivity contribution >= 4 is 44.5 Å². The molecule has 0 aliphatic carbocycles. The first kappa shape index (κ1) is 19.4. The second-order valence-corrected chi connectivity index (χ2v) is 7.92. The molecule has 1 aliphatic rings. The Hall–Kier alpha value is -3.60. The molecule has 4 aromatic rings. The van der Waals surface area contributed by atoms with Gasteiger partial charge in [0.1, 0.15) is 11.2 Å². The number of hydrogen-bond acceptors (Lipinski definition) is 4. The summed E-state index contributed by atoms with van der Waals surface area (Å²) in [7, 11) is 0. The molecule has 0 unspecified atom stereocenters. The fourth-order valence-electron chi connectivity index (χ4n) is 4.38. The molecule has 0 aromatic carbocycles. The molecule has 5 heteroatoms. The lowest BCUT2D eigenvalue weighted by atomic mass is 10.0. The lowest BCUT2D eigenvalue weighted by molar-refractivity contribution is 0.647. The summed E-state index contributed by atoms with van der Waals surface area (Å²) in [6, 6.07) is 12.9. The van der Waals surface area contributed by atoms with E-state index in [4.69, 9.17) is 13.8 Å². The third-order valence-electron chi connectivity index (χ3n) is 6.09. The molecule has 0 atom stereocenters. The number of hydrogen-bond donors (Lipinski definition) is 1. The normalized spacial score (nSPS) is 12.8. The molecule has 0 fully saturated rings. The molecule has 0 saturated carbocycles. The van der Waals surface area contributed by atoms with E-state index in [2.05, 4.69) is 38.7 Å². The molecule has 5 heterocycles. The van der Waals surface area contributed by atoms with Crippen LogP contribution in [0.5, 0.6) is 0 Å². The number of fused-ring (bicyclic) bond motifs is 8. The Balaban J connectivity index is 1.98. The summed E-state index contributed by atoms with van der Waals surface area (Å²) in [4.78, 5) is 21.3. The van der Waals surface area contributed by atoms with Gasteiger partial charge in [0.05, 0.1) is 11.4 Å². The number of H-pyrrole nitrogens is 1. The summed E-state index contributed by atoms with van der Waals surface area (Å²) in [5, 5.41) is 0. The van der Waals surface area contributed by atoms with Crippen molar-refractivity contribution in [1.82, 2.24) is 9.97 Å². The SMILES string of the molecule is CCC1=C(C)c2cc3ccc(o3)c(=O)c3ccc(cc4[nH]c(cc1n2)c(CC)c4C)o3. The van der Waals surface area contributed by atoms with Crippen LogP contribution < -0.4 is 5.43 Å². The predicted molar refractivity (Wildman–Crippen MR) is 125 cm³/mol. The van der Waals surface area contributed by atoms with E-state index in [-0.39, 0.29) is 16.6 Å². The van der Waals surface area contributed by atoms with E-state index in [1.165, 1.54) is 16.7 Å². The molecule has 8 bridgehead atoms. The van der Waals surface area contributed by atoms with Crippen molar-refractivity contribution in [2.45, 2.75) is 40.5 Å². The van der Waals surface area contributed by atoms with Crippen molar-refractivity contribution in [3.8, 4) is 0 Å². The van der Waals surface area contributed by atoms with Crippen molar-refractivity contribution in [2.24, 2.45) is 0 Å². The molecule has 1 aliphatic heterocycles. The number of nitrogens with one attached hydrogen (secondary N) is 1. The van der Waals surface area contributed by atoms with Crippen LogP contribution in [0.1, 0.15) is 49.7 Å². The number of aromatic amines is 1. The van der Waals surface area contributed by atoms with E-state index in [0.29, 0.717) is 11.2 Å². The van der Waals surface area contributed by atoms with Gasteiger partial charge < -0.3 is 13.8 Å². The quantitative estimate of drug-likeness (QED) is 0.401. The largest absolute Gasteiger partial charge is 0.453 e. The van der Waals surface area contributed by atoms with Gasteiger partial charge in [0.25, 0.3) is 5.43 Å². The third-order valence-corrected chi connectivity index (χ3v) is 6.09. The molecule has 31 heavy (non-hydrogen) atoms. The van der Waals surface area contributed by atoms with E-state index in [0.717, 1.165) is 40.8 Å². The number of aromatic nitrogens is 2. The van der Waals surface area contributed by atoms with Gasteiger partial charge in [-0.3, -0.25) is 4.79 Å². The van der Waals surface area contributed by atoms with Crippen molar-refractivity contribution in [3.05, 3.63) is 75.2 Å². The van der Waals surface area contributed by atoms with Crippen LogP contribution in [0.4, 0.5) is 0 Å². The number of nitrogens with zero attached hydrogens (tertiary/aromatic N) is 1. The van der Waals surface area contributed by atoms with Gasteiger partial charge in [-0.15, -0.1) is 0 Å². The Morgan fingerprint density at radius 3 is 2.16 bits per heavy atom. The first-order chi connectivity index (χ1) is 15.0. The van der Waals surface area contributed by atoms with Crippen LogP contribution >= 0.6 is 0 Å². The first-order valence-corrected chi connectivity index (χ1v) is 10.6. The summed E-state index contributed by atoms with van der Waals surface area (Å²) in [6.07, 6.45) is 1.79. The van der Waals surface area contributed by atoms with Crippen molar-refractivity contribution in [2.75, 3.05) is 0 Å². The average Bonchev–Trinajstić information content (AvgIpc) is 3.51. The van der Waals surface area contributed by atoms with Crippen LogP contribution in [0.15, 0.2) is 56.1 Å². The van der Waals surface area contributed by atoms with E-state index in [1.807, 2.05) is 12.1 Å². The van der Waals surface area contributed by atoms with Crippen LogP contribution in [-0.4, -0.2) is 9.97 Å². The van der Waals surface area contributed by atoms with E-state index >= 15 is 0 Å². The fraction of sp³-hybridized carbons (Fsp3) is 0.231. The highest BCUT2D eigenvalue weighted by molar-refractivity contribution is 5.92. The minimum atomic E-state index is -0.278. The Morgan fingerprint density at radius 1 is 0.839 bits per heavy atom. The second-order valence-electron chi connectivity index (χ2n) is 7.92. The maximum atomic E-state index is 12.8. The molecule has 0 amide bonds. The van der Waals surface area contributed by atoms with Gasteiger partial charge in [-0.05, 0) is 79.3 Å². The lowest BCUT2D eigenvalue weighted by Gasteiger charge is -1.99. The van der Waals surface area contributed by atoms with Gasteiger partial charge >= 0.3 is 0 Å². The van der Waals surface area contributed by atoms with Gasteiger partial charge in [0, 0.05) is 23.2 Å². The molecule has 5 nitrogen and oxygen atoms in total. The molecule has 4 aromatic heterocycles. The molecular weight excluding hydrogens is 388 g/mol. The zero-order chi connectivity index (χ0) is 21.7. The van der Waals surface area contributed by atoms with Crippen LogP contribution in [0.3, 0.4) is 0 Å². The highest BCUT2D eigenvalue weighted by atomic mass is 16.4. The number of aryl methyl sites for hydroxylation is 2. The molecule has 1 N–H and O–H groups in total. The van der Waals surface area contributed by atoms with Crippen LogP contribution in [0.25, 0.3) is 44.5 Å². The minimum Gasteiger partial charge on any atom is -0.453 e. The van der Waals surface area contributed by atoms with Gasteiger partial charge in [0.15, 0.2) is 11.2 Å². The fourth-order valence-corrected chi connectivity index (χ4v) is 4.38. The molecule has 0 saturated heterocycles. The maximum absolute atomic E-state index is 12.8. The topological polar surface area (TPSA) is 72.0 Å². The maximum Gasteiger partial charge on any atom is 0.263 e. The zero-order valence-electron chi connectivity index (χ0n) is 18.1. The Bertz CT molecular complexity index is 1550. The van der Waals surface area contributed by atoms with Crippen LogP contribution in [0.2, 0.25) is 0 Å². The smallest absolute Gasteiger partial charge is 0.263 e. The molecule has 5 rings (SSSR count). The summed E-state index contributed by atoms with van der Waals surface area (Å²) in [5.41, 5.74) is 10.0. The van der Waals surface area contributed by atoms with E-state index in [9.17, 15) is 4.79 Å². The Labute approximate surface area is 179 Å². The van der Waals surface area contributed by atoms with Gasteiger partial charge in [-0.2, -0.15) is 0 Å². The van der Waals surface area contributed by atoms with Gasteiger partial charge in [0.2, 0.25) is 0 Å². The van der Waals surface area contributed by atoms with Gasteiger partial charge in [-0.1, -0.05) is 13.8 Å². The monoisotopic (exact) mass is 412 g/mol. The van der Waals surface area contributed by atoms with Gasteiger partial charge in [-0.25, -0.2) is 4.98 Å². The van der Waals surface area contributed by atoms with Crippen molar-refractivity contribution in [1.29, 1.82) is 0 Å². The number of rotatable bonds is 2. The first-order valence-electron chi connectivity index (χ1n) is 10.6. The zero-order valence-corrected chi connectivity index (χ0v) is 18.1. The summed E-state index contributed by atoms with van der Waals surface area (Å²) >= 11 is 0. The summed E-state index contributed by atoms with van der Waals surface area (Å²) in [6.45, 7) is 8.49.